The van der Waals surface area contributed by atoms with Crippen LogP contribution in [0.3, 0.4) is 0 Å². The molecule has 3 saturated carbocycles. The number of rotatable bonds is 2. The fourth-order valence-electron chi connectivity index (χ4n) is 3.72. The zero-order chi connectivity index (χ0) is 11.5. The maximum absolute atomic E-state index is 12.5. The van der Waals surface area contributed by atoms with Gasteiger partial charge in [-0.05, 0) is 43.4 Å². The Kier molecular flexibility index (Phi) is 2.11. The molecular formula is C14H21NO2. The predicted molar refractivity (Wildman–Crippen MR) is 63.4 cm³/mol. The number of hydrogen-bond donors (Lipinski definition) is 0. The van der Waals surface area contributed by atoms with Gasteiger partial charge in [0.05, 0.1) is 19.3 Å². The van der Waals surface area contributed by atoms with Crippen LogP contribution in [0.4, 0.5) is 0 Å². The van der Waals surface area contributed by atoms with E-state index in [1.807, 2.05) is 0 Å². The first-order valence-corrected chi connectivity index (χ1v) is 7.18. The first kappa shape index (κ1) is 10.4. The Morgan fingerprint density at radius 1 is 1.29 bits per heavy atom. The largest absolute Gasteiger partial charge is 0.377 e. The molecule has 1 aliphatic heterocycles. The highest BCUT2D eigenvalue weighted by Crippen LogP contribution is 2.71. The second-order valence-corrected chi connectivity index (χ2v) is 6.48. The van der Waals surface area contributed by atoms with Gasteiger partial charge in [-0.15, -0.1) is 0 Å². The summed E-state index contributed by atoms with van der Waals surface area (Å²) < 4.78 is 5.59. The van der Waals surface area contributed by atoms with Crippen LogP contribution in [0.25, 0.3) is 0 Å². The number of morpholine rings is 1. The summed E-state index contributed by atoms with van der Waals surface area (Å²) in [6.07, 6.45) is 7.74. The lowest BCUT2D eigenvalue weighted by Gasteiger charge is -2.43. The third-order valence-electron chi connectivity index (χ3n) is 5.52. The predicted octanol–water partition coefficient (Wildman–Crippen LogP) is 1.81. The monoisotopic (exact) mass is 235 g/mol. The number of carbonyl (C=O) groups is 1. The molecule has 0 radical (unpaired) electrons. The first-order chi connectivity index (χ1) is 8.30. The lowest BCUT2D eigenvalue weighted by Crippen LogP contribution is -2.54. The Morgan fingerprint density at radius 2 is 2.12 bits per heavy atom. The molecule has 3 heteroatoms. The Balaban J connectivity index is 1.47. The van der Waals surface area contributed by atoms with E-state index in [9.17, 15) is 4.79 Å². The van der Waals surface area contributed by atoms with E-state index in [4.69, 9.17) is 4.74 Å². The molecule has 4 fully saturated rings. The highest BCUT2D eigenvalue weighted by atomic mass is 16.5. The van der Waals surface area contributed by atoms with Gasteiger partial charge >= 0.3 is 0 Å². The van der Waals surface area contributed by atoms with Gasteiger partial charge in [0.2, 0.25) is 5.91 Å². The van der Waals surface area contributed by atoms with Crippen LogP contribution in [0.1, 0.15) is 38.5 Å². The summed E-state index contributed by atoms with van der Waals surface area (Å²) >= 11 is 0. The summed E-state index contributed by atoms with van der Waals surface area (Å²) in [7, 11) is 0. The van der Waals surface area contributed by atoms with Crippen molar-refractivity contribution in [3.05, 3.63) is 0 Å². The molecule has 0 N–H and O–H groups in total. The van der Waals surface area contributed by atoms with Crippen molar-refractivity contribution in [3.63, 3.8) is 0 Å². The third kappa shape index (κ3) is 1.55. The van der Waals surface area contributed by atoms with Crippen molar-refractivity contribution < 1.29 is 9.53 Å². The number of nitrogens with zero attached hydrogens (tertiary/aromatic N) is 1. The van der Waals surface area contributed by atoms with Gasteiger partial charge in [-0.3, -0.25) is 4.79 Å². The van der Waals surface area contributed by atoms with Crippen molar-refractivity contribution >= 4 is 5.91 Å². The quantitative estimate of drug-likeness (QED) is 0.730. The summed E-state index contributed by atoms with van der Waals surface area (Å²) in [6, 6.07) is 0.404. The van der Waals surface area contributed by atoms with Crippen LogP contribution in [-0.2, 0) is 9.53 Å². The zero-order valence-corrected chi connectivity index (χ0v) is 10.4. The zero-order valence-electron chi connectivity index (χ0n) is 10.4. The van der Waals surface area contributed by atoms with Crippen molar-refractivity contribution in [1.82, 2.24) is 4.90 Å². The topological polar surface area (TPSA) is 29.5 Å². The van der Waals surface area contributed by atoms with Crippen molar-refractivity contribution in [2.75, 3.05) is 19.8 Å². The lowest BCUT2D eigenvalue weighted by atomic mass is 9.79. The smallest absolute Gasteiger partial charge is 0.226 e. The highest BCUT2D eigenvalue weighted by Gasteiger charge is 2.66. The molecule has 2 unspecified atom stereocenters. The van der Waals surface area contributed by atoms with Crippen molar-refractivity contribution in [3.8, 4) is 0 Å². The van der Waals surface area contributed by atoms with Crippen molar-refractivity contribution in [2.24, 2.45) is 17.3 Å². The van der Waals surface area contributed by atoms with Gasteiger partial charge < -0.3 is 9.64 Å². The van der Waals surface area contributed by atoms with Crippen LogP contribution >= 0.6 is 0 Å². The van der Waals surface area contributed by atoms with Gasteiger partial charge in [-0.25, -0.2) is 0 Å². The molecule has 1 spiro atoms. The lowest BCUT2D eigenvalue weighted by molar-refractivity contribution is -0.145. The minimum absolute atomic E-state index is 0.392. The highest BCUT2D eigenvalue weighted by molar-refractivity contribution is 5.84. The second kappa shape index (κ2) is 3.47. The van der Waals surface area contributed by atoms with Gasteiger partial charge in [-0.1, -0.05) is 6.42 Å². The molecule has 0 aromatic heterocycles. The number of hydrogen-bond acceptors (Lipinski definition) is 2. The Bertz CT molecular complexity index is 346. The molecule has 3 nitrogen and oxygen atoms in total. The summed E-state index contributed by atoms with van der Waals surface area (Å²) in [6.45, 7) is 2.37. The van der Waals surface area contributed by atoms with E-state index < -0.39 is 0 Å². The van der Waals surface area contributed by atoms with Gasteiger partial charge in [0, 0.05) is 12.5 Å². The van der Waals surface area contributed by atoms with Gasteiger partial charge in [0.1, 0.15) is 0 Å². The van der Waals surface area contributed by atoms with E-state index >= 15 is 0 Å². The van der Waals surface area contributed by atoms with Crippen molar-refractivity contribution in [2.45, 2.75) is 44.6 Å². The molecule has 0 aromatic carbocycles. The standard InChI is InChI=1S/C14H21NO2/c16-13(11-8-14(11)4-5-14)15-6-7-17-9-12(15)10-2-1-3-10/h10-12H,1-9H2. The number of carbonyl (C=O) groups excluding carboxylic acids is 1. The molecule has 1 saturated heterocycles. The summed E-state index contributed by atoms with van der Waals surface area (Å²) in [5, 5.41) is 0. The molecule has 0 bridgehead atoms. The van der Waals surface area contributed by atoms with Crippen LogP contribution in [0.2, 0.25) is 0 Å². The fraction of sp³-hybridized carbons (Fsp3) is 0.929. The van der Waals surface area contributed by atoms with Crippen LogP contribution in [0, 0.1) is 17.3 Å². The number of ether oxygens (including phenoxy) is 1. The van der Waals surface area contributed by atoms with E-state index in [1.165, 1.54) is 38.5 Å². The molecule has 1 heterocycles. The van der Waals surface area contributed by atoms with Crippen LogP contribution in [0.5, 0.6) is 0 Å². The minimum atomic E-state index is 0.392. The molecule has 4 rings (SSSR count). The maximum Gasteiger partial charge on any atom is 0.226 e. The van der Waals surface area contributed by atoms with E-state index in [1.54, 1.807) is 0 Å². The summed E-state index contributed by atoms with van der Waals surface area (Å²) in [5.74, 6) is 1.58. The van der Waals surface area contributed by atoms with Gasteiger partial charge in [-0.2, -0.15) is 0 Å². The third-order valence-corrected chi connectivity index (χ3v) is 5.52. The minimum Gasteiger partial charge on any atom is -0.377 e. The molecule has 17 heavy (non-hydrogen) atoms. The average molecular weight is 235 g/mol. The molecular weight excluding hydrogens is 214 g/mol. The molecule has 94 valence electrons. The van der Waals surface area contributed by atoms with Crippen LogP contribution in [-0.4, -0.2) is 36.6 Å². The summed E-state index contributed by atoms with van der Waals surface area (Å²) in [5.41, 5.74) is 0.500. The van der Waals surface area contributed by atoms with Gasteiger partial charge in [0.15, 0.2) is 0 Å². The van der Waals surface area contributed by atoms with E-state index in [-0.39, 0.29) is 0 Å². The Labute approximate surface area is 102 Å². The van der Waals surface area contributed by atoms with Gasteiger partial charge in [0.25, 0.3) is 0 Å². The molecule has 2 atom stereocenters. The fourth-order valence-corrected chi connectivity index (χ4v) is 3.72. The normalized spacial score (nSPS) is 38.9. The molecule has 0 aromatic rings. The SMILES string of the molecule is O=C(C1CC12CC2)N1CCOCC1C1CCC1. The number of amides is 1. The van der Waals surface area contributed by atoms with Crippen LogP contribution < -0.4 is 0 Å². The van der Waals surface area contributed by atoms with E-state index in [2.05, 4.69) is 4.90 Å². The first-order valence-electron chi connectivity index (χ1n) is 7.18. The molecule has 1 amide bonds. The summed E-state index contributed by atoms with van der Waals surface area (Å²) in [4.78, 5) is 14.7. The second-order valence-electron chi connectivity index (χ2n) is 6.48. The molecule has 4 aliphatic rings. The van der Waals surface area contributed by atoms with Crippen LogP contribution in [0.15, 0.2) is 0 Å². The van der Waals surface area contributed by atoms with E-state index in [0.717, 1.165) is 25.7 Å². The Morgan fingerprint density at radius 3 is 2.71 bits per heavy atom. The Hall–Kier alpha value is -0.570. The van der Waals surface area contributed by atoms with Crippen molar-refractivity contribution in [1.29, 1.82) is 0 Å². The maximum atomic E-state index is 12.5. The average Bonchev–Trinajstić information content (AvgIpc) is 3.18. The van der Waals surface area contributed by atoms with E-state index in [0.29, 0.717) is 23.3 Å². The molecule has 3 aliphatic carbocycles.